The Morgan fingerprint density at radius 2 is 1.91 bits per heavy atom. The second-order valence-corrected chi connectivity index (χ2v) is 5.30. The normalized spacial score (nSPS) is 12.0. The van der Waals surface area contributed by atoms with E-state index in [4.69, 9.17) is 5.11 Å². The van der Waals surface area contributed by atoms with Crippen LogP contribution in [0.15, 0.2) is 24.3 Å². The molecule has 2 aromatic rings. The van der Waals surface area contributed by atoms with Crippen molar-refractivity contribution in [2.24, 2.45) is 0 Å². The summed E-state index contributed by atoms with van der Waals surface area (Å²) in [5.74, 6) is -1.39. The van der Waals surface area contributed by atoms with Gasteiger partial charge in [0.05, 0.1) is 5.69 Å². The number of benzene rings is 1. The van der Waals surface area contributed by atoms with Crippen LogP contribution in [0.1, 0.15) is 23.9 Å². The minimum atomic E-state index is -1.04. The number of aryl methyl sites for hydroxylation is 2. The lowest BCUT2D eigenvalue weighted by Crippen LogP contribution is -2.41. The van der Waals surface area contributed by atoms with Gasteiger partial charge in [0.1, 0.15) is 6.04 Å². The number of rotatable bonds is 5. The predicted octanol–water partition coefficient (Wildman–Crippen LogP) is 1.83. The molecule has 3 N–H and O–H groups in total. The molecular formula is C16H19N3O3. The molecule has 116 valence electrons. The van der Waals surface area contributed by atoms with Crippen molar-refractivity contribution >= 4 is 11.9 Å². The molecule has 1 amide bonds. The van der Waals surface area contributed by atoms with E-state index in [1.54, 1.807) is 0 Å². The number of amides is 1. The second-order valence-electron chi connectivity index (χ2n) is 5.30. The molecule has 0 aliphatic rings. The van der Waals surface area contributed by atoms with Crippen LogP contribution in [0.4, 0.5) is 0 Å². The number of H-pyrrole nitrogens is 1. The van der Waals surface area contributed by atoms with Crippen LogP contribution >= 0.6 is 0 Å². The molecule has 0 aliphatic carbocycles. The van der Waals surface area contributed by atoms with E-state index in [9.17, 15) is 9.59 Å². The highest BCUT2D eigenvalue weighted by molar-refractivity contribution is 5.82. The van der Waals surface area contributed by atoms with Crippen LogP contribution in [-0.2, 0) is 16.0 Å². The number of nitrogens with zero attached hydrogens (tertiary/aromatic N) is 1. The zero-order valence-corrected chi connectivity index (χ0v) is 12.8. The first kappa shape index (κ1) is 15.8. The zero-order valence-electron chi connectivity index (χ0n) is 12.8. The summed E-state index contributed by atoms with van der Waals surface area (Å²) in [5, 5.41) is 18.7. The summed E-state index contributed by atoms with van der Waals surface area (Å²) in [5.41, 5.74) is 4.85. The van der Waals surface area contributed by atoms with E-state index in [0.717, 1.165) is 28.1 Å². The topological polar surface area (TPSA) is 95.1 Å². The smallest absolute Gasteiger partial charge is 0.326 e. The van der Waals surface area contributed by atoms with Gasteiger partial charge < -0.3 is 10.4 Å². The number of carboxylic acid groups (broad SMARTS) is 1. The van der Waals surface area contributed by atoms with E-state index in [2.05, 4.69) is 15.5 Å². The fourth-order valence-electron chi connectivity index (χ4n) is 2.46. The van der Waals surface area contributed by atoms with E-state index in [1.165, 1.54) is 6.92 Å². The van der Waals surface area contributed by atoms with Crippen molar-refractivity contribution in [3.63, 3.8) is 0 Å². The van der Waals surface area contributed by atoms with Crippen LogP contribution in [0.25, 0.3) is 11.1 Å². The maximum atomic E-state index is 11.2. The third-order valence-electron chi connectivity index (χ3n) is 3.49. The summed E-state index contributed by atoms with van der Waals surface area (Å²) >= 11 is 0. The van der Waals surface area contributed by atoms with Gasteiger partial charge in [-0.3, -0.25) is 9.89 Å². The predicted molar refractivity (Wildman–Crippen MR) is 82.4 cm³/mol. The molecule has 22 heavy (non-hydrogen) atoms. The van der Waals surface area contributed by atoms with E-state index >= 15 is 0 Å². The Kier molecular flexibility index (Phi) is 4.60. The van der Waals surface area contributed by atoms with Crippen LogP contribution in [0, 0.1) is 13.8 Å². The number of nitrogens with one attached hydrogen (secondary N) is 2. The van der Waals surface area contributed by atoms with Crippen molar-refractivity contribution in [2.45, 2.75) is 33.2 Å². The molecule has 1 heterocycles. The molecule has 0 radical (unpaired) electrons. The van der Waals surface area contributed by atoms with Crippen LogP contribution in [0.5, 0.6) is 0 Å². The number of aromatic amines is 1. The molecule has 0 bridgehead atoms. The van der Waals surface area contributed by atoms with Gasteiger partial charge in [-0.15, -0.1) is 0 Å². The maximum Gasteiger partial charge on any atom is 0.326 e. The van der Waals surface area contributed by atoms with Crippen molar-refractivity contribution in [3.8, 4) is 11.1 Å². The van der Waals surface area contributed by atoms with Gasteiger partial charge in [-0.2, -0.15) is 5.10 Å². The van der Waals surface area contributed by atoms with Crippen molar-refractivity contribution < 1.29 is 14.7 Å². The van der Waals surface area contributed by atoms with Crippen molar-refractivity contribution in [1.29, 1.82) is 0 Å². The minimum Gasteiger partial charge on any atom is -0.480 e. The highest BCUT2D eigenvalue weighted by Gasteiger charge is 2.19. The summed E-state index contributed by atoms with van der Waals surface area (Å²) in [6.45, 7) is 5.20. The number of carbonyl (C=O) groups excluding carboxylic acids is 1. The maximum absolute atomic E-state index is 11.2. The number of carboxylic acids is 1. The molecule has 0 fully saturated rings. The molecule has 0 aliphatic heterocycles. The molecular weight excluding hydrogens is 282 g/mol. The van der Waals surface area contributed by atoms with Crippen LogP contribution in [-0.4, -0.2) is 33.2 Å². The van der Waals surface area contributed by atoms with Crippen LogP contribution in [0.3, 0.4) is 0 Å². The van der Waals surface area contributed by atoms with Gasteiger partial charge in [-0.05, 0) is 25.0 Å². The lowest BCUT2D eigenvalue weighted by atomic mass is 9.99. The molecule has 0 unspecified atom stereocenters. The fourth-order valence-corrected chi connectivity index (χ4v) is 2.46. The zero-order chi connectivity index (χ0) is 16.3. The average molecular weight is 301 g/mol. The first-order valence-electron chi connectivity index (χ1n) is 6.99. The number of aliphatic carboxylic acids is 1. The first-order valence-corrected chi connectivity index (χ1v) is 6.99. The van der Waals surface area contributed by atoms with Crippen molar-refractivity contribution in [2.75, 3.05) is 0 Å². The summed E-state index contributed by atoms with van der Waals surface area (Å²) in [6.07, 6.45) is 0.249. The highest BCUT2D eigenvalue weighted by atomic mass is 16.4. The van der Waals surface area contributed by atoms with Gasteiger partial charge in [0.2, 0.25) is 5.91 Å². The number of carbonyl (C=O) groups is 2. The second kappa shape index (κ2) is 6.43. The summed E-state index contributed by atoms with van der Waals surface area (Å²) in [6, 6.07) is 6.71. The highest BCUT2D eigenvalue weighted by Crippen LogP contribution is 2.25. The Morgan fingerprint density at radius 1 is 1.27 bits per heavy atom. The monoisotopic (exact) mass is 301 g/mol. The van der Waals surface area contributed by atoms with Gasteiger partial charge in [0.15, 0.2) is 0 Å². The lowest BCUT2D eigenvalue weighted by molar-refractivity contribution is -0.141. The lowest BCUT2D eigenvalue weighted by Gasteiger charge is -2.13. The molecule has 6 heteroatoms. The number of aromatic nitrogens is 2. The van der Waals surface area contributed by atoms with Gasteiger partial charge in [0, 0.05) is 24.6 Å². The third kappa shape index (κ3) is 3.52. The van der Waals surface area contributed by atoms with E-state index in [-0.39, 0.29) is 12.3 Å². The summed E-state index contributed by atoms with van der Waals surface area (Å²) in [7, 11) is 0. The summed E-state index contributed by atoms with van der Waals surface area (Å²) in [4.78, 5) is 22.2. The van der Waals surface area contributed by atoms with Crippen LogP contribution in [0.2, 0.25) is 0 Å². The number of hydrogen-bond acceptors (Lipinski definition) is 3. The van der Waals surface area contributed by atoms with Gasteiger partial charge in [-0.1, -0.05) is 24.3 Å². The Morgan fingerprint density at radius 3 is 2.36 bits per heavy atom. The Bertz CT molecular complexity index is 670. The van der Waals surface area contributed by atoms with Crippen molar-refractivity contribution in [1.82, 2.24) is 15.5 Å². The Balaban J connectivity index is 2.18. The minimum absolute atomic E-state index is 0.249. The molecule has 6 nitrogen and oxygen atoms in total. The molecule has 0 spiro atoms. The van der Waals surface area contributed by atoms with E-state index in [1.807, 2.05) is 38.1 Å². The molecule has 0 saturated heterocycles. The molecule has 2 rings (SSSR count). The van der Waals surface area contributed by atoms with E-state index < -0.39 is 12.0 Å². The Labute approximate surface area is 128 Å². The van der Waals surface area contributed by atoms with Gasteiger partial charge in [0.25, 0.3) is 0 Å². The fraction of sp³-hybridized carbons (Fsp3) is 0.312. The largest absolute Gasteiger partial charge is 0.480 e. The average Bonchev–Trinajstić information content (AvgIpc) is 2.78. The molecule has 0 saturated carbocycles. The SMILES string of the molecule is CC(=O)N[C@@H](Cc1ccc(-c2c(C)n[nH]c2C)cc1)C(=O)O. The Hall–Kier alpha value is -2.63. The van der Waals surface area contributed by atoms with Crippen molar-refractivity contribution in [3.05, 3.63) is 41.2 Å². The van der Waals surface area contributed by atoms with Gasteiger partial charge >= 0.3 is 5.97 Å². The quantitative estimate of drug-likeness (QED) is 0.785. The first-order chi connectivity index (χ1) is 10.4. The molecule has 1 aromatic carbocycles. The van der Waals surface area contributed by atoms with E-state index in [0.29, 0.717) is 0 Å². The third-order valence-corrected chi connectivity index (χ3v) is 3.49. The number of hydrogen-bond donors (Lipinski definition) is 3. The van der Waals surface area contributed by atoms with Crippen LogP contribution < -0.4 is 5.32 Å². The molecule has 1 aromatic heterocycles. The standard InChI is InChI=1S/C16H19N3O3/c1-9-15(10(2)19-18-9)13-6-4-12(5-7-13)8-14(16(21)22)17-11(3)20/h4-7,14H,8H2,1-3H3,(H,17,20)(H,18,19)(H,21,22)/t14-/m0/s1. The molecule has 1 atom stereocenters. The summed E-state index contributed by atoms with van der Waals surface area (Å²) < 4.78 is 0. The van der Waals surface area contributed by atoms with Gasteiger partial charge in [-0.25, -0.2) is 4.79 Å².